The van der Waals surface area contributed by atoms with E-state index >= 15 is 0 Å². The molecule has 174 valence electrons. The van der Waals surface area contributed by atoms with Crippen LogP contribution in [-0.4, -0.2) is 70.2 Å². The van der Waals surface area contributed by atoms with Crippen molar-refractivity contribution in [1.82, 2.24) is 8.61 Å². The molecule has 2 aliphatic heterocycles. The molecule has 4 rings (SSSR count). The van der Waals surface area contributed by atoms with E-state index in [0.717, 1.165) is 0 Å². The molecule has 0 saturated carbocycles. The first-order valence-corrected chi connectivity index (χ1v) is 13.2. The lowest BCUT2D eigenvalue weighted by molar-refractivity contribution is 0.0480. The molecule has 0 spiro atoms. The monoisotopic (exact) mass is 484 g/mol. The number of hydrogen-bond acceptors (Lipinski definition) is 6. The Morgan fingerprint density at radius 2 is 1.88 bits per heavy atom. The third kappa shape index (κ3) is 4.53. The van der Waals surface area contributed by atoms with Gasteiger partial charge in [0.25, 0.3) is 0 Å². The summed E-state index contributed by atoms with van der Waals surface area (Å²) in [4.78, 5) is 0.0879. The number of methoxy groups -OCH3 is 1. The maximum Gasteiger partial charge on any atom is 0.243 e. The van der Waals surface area contributed by atoms with Crippen LogP contribution < -0.4 is 4.74 Å². The van der Waals surface area contributed by atoms with Crippen LogP contribution in [0.2, 0.25) is 0 Å². The Hall–Kier alpha value is -2.05. The van der Waals surface area contributed by atoms with E-state index in [2.05, 4.69) is 0 Å². The minimum atomic E-state index is -3.86. The third-order valence-corrected chi connectivity index (χ3v) is 9.38. The number of sulfonamides is 2. The molecule has 0 amide bonds. The maximum absolute atomic E-state index is 13.9. The number of ether oxygens (including phenoxy) is 2. The molecule has 32 heavy (non-hydrogen) atoms. The number of nitrogens with zero attached hydrogens (tertiary/aromatic N) is 2. The van der Waals surface area contributed by atoms with E-state index in [4.69, 9.17) is 9.47 Å². The Balaban J connectivity index is 1.64. The second-order valence-electron chi connectivity index (χ2n) is 7.97. The Morgan fingerprint density at radius 3 is 2.53 bits per heavy atom. The summed E-state index contributed by atoms with van der Waals surface area (Å²) in [7, 11) is -6.11. The van der Waals surface area contributed by atoms with Gasteiger partial charge in [0.2, 0.25) is 20.0 Å². The van der Waals surface area contributed by atoms with Crippen molar-refractivity contribution in [2.45, 2.75) is 30.5 Å². The van der Waals surface area contributed by atoms with Crippen molar-refractivity contribution in [3.8, 4) is 5.75 Å². The quantitative estimate of drug-likeness (QED) is 0.642. The van der Waals surface area contributed by atoms with Gasteiger partial charge in [0.1, 0.15) is 11.6 Å². The van der Waals surface area contributed by atoms with Gasteiger partial charge in [-0.15, -0.1) is 0 Å². The number of halogens is 1. The van der Waals surface area contributed by atoms with E-state index in [-0.39, 0.29) is 36.9 Å². The fourth-order valence-electron chi connectivity index (χ4n) is 4.18. The van der Waals surface area contributed by atoms with E-state index in [9.17, 15) is 21.2 Å². The predicted octanol–water partition coefficient (Wildman–Crippen LogP) is 1.75. The van der Waals surface area contributed by atoms with Crippen molar-refractivity contribution in [2.75, 3.05) is 32.6 Å². The van der Waals surface area contributed by atoms with Crippen molar-refractivity contribution < 1.29 is 30.7 Å². The van der Waals surface area contributed by atoms with Crippen molar-refractivity contribution in [3.05, 3.63) is 59.4 Å². The number of aryl methyl sites for hydroxylation is 1. The number of hydrogen-bond donors (Lipinski definition) is 0. The molecule has 0 aromatic heterocycles. The maximum atomic E-state index is 13.9. The lowest BCUT2D eigenvalue weighted by atomic mass is 10.1. The minimum Gasteiger partial charge on any atom is -0.497 e. The predicted molar refractivity (Wildman–Crippen MR) is 116 cm³/mol. The smallest absolute Gasteiger partial charge is 0.243 e. The first-order chi connectivity index (χ1) is 15.1. The van der Waals surface area contributed by atoms with Gasteiger partial charge in [0, 0.05) is 19.6 Å². The van der Waals surface area contributed by atoms with Crippen LogP contribution in [0.15, 0.2) is 47.4 Å². The van der Waals surface area contributed by atoms with Gasteiger partial charge in [-0.2, -0.15) is 8.61 Å². The van der Waals surface area contributed by atoms with Gasteiger partial charge in [-0.25, -0.2) is 21.2 Å². The van der Waals surface area contributed by atoms with Crippen LogP contribution in [0.3, 0.4) is 0 Å². The molecular weight excluding hydrogens is 459 g/mol. The Morgan fingerprint density at radius 1 is 1.16 bits per heavy atom. The van der Waals surface area contributed by atoms with Crippen LogP contribution in [0.5, 0.6) is 5.75 Å². The van der Waals surface area contributed by atoms with Crippen molar-refractivity contribution >= 4 is 20.0 Å². The highest BCUT2D eigenvalue weighted by Crippen LogP contribution is 2.31. The summed E-state index contributed by atoms with van der Waals surface area (Å²) in [5.41, 5.74) is 1.18. The van der Waals surface area contributed by atoms with Gasteiger partial charge in [-0.3, -0.25) is 0 Å². The summed E-state index contributed by atoms with van der Waals surface area (Å²) < 4.78 is 79.6. The molecule has 2 atom stereocenters. The molecule has 2 aromatic rings. The van der Waals surface area contributed by atoms with Gasteiger partial charge in [0.15, 0.2) is 0 Å². The number of rotatable bonds is 5. The molecule has 8 nitrogen and oxygen atoms in total. The van der Waals surface area contributed by atoms with Crippen molar-refractivity contribution in [2.24, 2.45) is 0 Å². The summed E-state index contributed by atoms with van der Waals surface area (Å²) in [6.45, 7) is 1.63. The van der Waals surface area contributed by atoms with Gasteiger partial charge < -0.3 is 9.47 Å². The fourth-order valence-corrected chi connectivity index (χ4v) is 7.16. The zero-order valence-corrected chi connectivity index (χ0v) is 19.4. The lowest BCUT2D eigenvalue weighted by Crippen LogP contribution is -2.45. The molecule has 0 N–H and O–H groups in total. The summed E-state index contributed by atoms with van der Waals surface area (Å²) >= 11 is 0. The highest BCUT2D eigenvalue weighted by atomic mass is 32.2. The van der Waals surface area contributed by atoms with Crippen LogP contribution in [0, 0.1) is 12.7 Å². The average molecular weight is 485 g/mol. The molecule has 11 heteroatoms. The van der Waals surface area contributed by atoms with Crippen molar-refractivity contribution in [1.29, 1.82) is 0 Å². The summed E-state index contributed by atoms with van der Waals surface area (Å²) in [5, 5.41) is 0. The zero-order chi connectivity index (χ0) is 23.1. The van der Waals surface area contributed by atoms with Crippen LogP contribution in [0.1, 0.15) is 11.1 Å². The molecule has 0 radical (unpaired) electrons. The SMILES string of the molecule is COc1ccc(S(=O)(=O)N2C[C@@H]3OCCS(=O)(=O)N(Cc4cc(C)cc(F)c4)[C@@H]3C2)cc1. The topological polar surface area (TPSA) is 93.2 Å². The van der Waals surface area contributed by atoms with Gasteiger partial charge in [0.05, 0.1) is 36.5 Å². The largest absolute Gasteiger partial charge is 0.497 e. The van der Waals surface area contributed by atoms with Gasteiger partial charge in [-0.05, 0) is 54.4 Å². The standard InChI is InChI=1S/C21H25FN2O6S2/c1-15-9-16(11-17(22)10-15)12-24-20-13-23(14-21(20)30-7-8-31(24,25)26)32(27,28)19-5-3-18(29-2)4-6-19/h3-6,9-11,20-21H,7-8,12-14H2,1-2H3/t20-,21+/m1/s1. The molecule has 2 saturated heterocycles. The molecule has 2 aliphatic rings. The second-order valence-corrected chi connectivity index (χ2v) is 12.0. The summed E-state index contributed by atoms with van der Waals surface area (Å²) in [6, 6.07) is 9.69. The van der Waals surface area contributed by atoms with E-state index in [1.165, 1.54) is 40.0 Å². The Bertz CT molecular complexity index is 1180. The summed E-state index contributed by atoms with van der Waals surface area (Å²) in [6.07, 6.45) is -0.616. The van der Waals surface area contributed by atoms with Crippen LogP contribution >= 0.6 is 0 Å². The van der Waals surface area contributed by atoms with Gasteiger partial charge in [-0.1, -0.05) is 6.07 Å². The third-order valence-electron chi connectivity index (χ3n) is 5.74. The normalized spacial score (nSPS) is 24.1. The Kier molecular flexibility index (Phi) is 6.29. The molecule has 0 unspecified atom stereocenters. The first-order valence-electron chi connectivity index (χ1n) is 10.1. The van der Waals surface area contributed by atoms with Gasteiger partial charge >= 0.3 is 0 Å². The van der Waals surface area contributed by atoms with E-state index in [0.29, 0.717) is 16.9 Å². The minimum absolute atomic E-state index is 0.0292. The van der Waals surface area contributed by atoms with Crippen LogP contribution in [0.25, 0.3) is 0 Å². The highest BCUT2D eigenvalue weighted by molar-refractivity contribution is 7.89. The second kappa shape index (κ2) is 8.71. The first kappa shape index (κ1) is 23.1. The molecule has 0 aliphatic carbocycles. The highest BCUT2D eigenvalue weighted by Gasteiger charge is 2.47. The molecule has 2 heterocycles. The number of fused-ring (bicyclic) bond motifs is 1. The average Bonchev–Trinajstić information content (AvgIpc) is 3.11. The molecule has 2 aromatic carbocycles. The number of benzene rings is 2. The zero-order valence-electron chi connectivity index (χ0n) is 17.8. The van der Waals surface area contributed by atoms with E-state index in [1.54, 1.807) is 25.1 Å². The Labute approximate surface area is 187 Å². The molecule has 2 fully saturated rings. The summed E-state index contributed by atoms with van der Waals surface area (Å²) in [5.74, 6) is -0.129. The molecular formula is C21H25FN2O6S2. The van der Waals surface area contributed by atoms with Crippen molar-refractivity contribution in [3.63, 3.8) is 0 Å². The van der Waals surface area contributed by atoms with Crippen LogP contribution in [0.4, 0.5) is 4.39 Å². The van der Waals surface area contributed by atoms with E-state index < -0.39 is 38.0 Å². The van der Waals surface area contributed by atoms with Crippen LogP contribution in [-0.2, 0) is 31.3 Å². The lowest BCUT2D eigenvalue weighted by Gasteiger charge is -2.28. The van der Waals surface area contributed by atoms with E-state index in [1.807, 2.05) is 0 Å². The molecule has 0 bridgehead atoms. The fraction of sp³-hybridized carbons (Fsp3) is 0.429.